The third kappa shape index (κ3) is 2.43. The fraction of sp³-hybridized carbons (Fsp3) is 0.571. The molecule has 0 amide bonds. The van der Waals surface area contributed by atoms with Crippen molar-refractivity contribution in [1.82, 2.24) is 19.2 Å². The van der Waals surface area contributed by atoms with Crippen molar-refractivity contribution < 1.29 is 4.42 Å². The average Bonchev–Trinajstić information content (AvgIpc) is 2.95. The molecule has 3 rings (SSSR count). The van der Waals surface area contributed by atoms with Crippen LogP contribution in [0.1, 0.15) is 24.4 Å². The van der Waals surface area contributed by atoms with Crippen molar-refractivity contribution in [2.24, 2.45) is 7.05 Å². The molecule has 0 radical (unpaired) electrons. The number of hydrogen-bond donors (Lipinski definition) is 0. The molecule has 2 aromatic rings. The molecule has 0 saturated carbocycles. The van der Waals surface area contributed by atoms with Gasteiger partial charge in [-0.1, -0.05) is 0 Å². The molecule has 0 aliphatic carbocycles. The molecule has 6 nitrogen and oxygen atoms in total. The number of fused-ring (bicyclic) bond motifs is 1. The minimum atomic E-state index is -0.00524. The fourth-order valence-corrected chi connectivity index (χ4v) is 2.90. The van der Waals surface area contributed by atoms with E-state index in [0.717, 1.165) is 43.9 Å². The molecule has 0 fully saturated rings. The maximum absolute atomic E-state index is 11.9. The molecular formula is C14H20N4O2. The van der Waals surface area contributed by atoms with E-state index < -0.39 is 0 Å². The largest absolute Gasteiger partial charge is 0.468 e. The summed E-state index contributed by atoms with van der Waals surface area (Å²) in [6, 6.07) is 4.36. The Balaban J connectivity index is 1.68. The normalized spacial score (nSPS) is 19.1. The van der Waals surface area contributed by atoms with E-state index in [2.05, 4.69) is 17.0 Å². The van der Waals surface area contributed by atoms with E-state index in [0.29, 0.717) is 6.04 Å². The standard InChI is InChI=1S/C14H20N4O2/c1-16(10-12-4-3-9-20-12)11-5-6-13-15-17(2)14(19)18(13)8-7-11/h3-4,9,11H,5-8,10H2,1-2H3. The Morgan fingerprint density at radius 2 is 2.35 bits per heavy atom. The van der Waals surface area contributed by atoms with Crippen LogP contribution in [0.3, 0.4) is 0 Å². The van der Waals surface area contributed by atoms with Crippen LogP contribution in [0.15, 0.2) is 27.6 Å². The van der Waals surface area contributed by atoms with Crippen molar-refractivity contribution in [3.63, 3.8) is 0 Å². The van der Waals surface area contributed by atoms with Crippen LogP contribution in [0.2, 0.25) is 0 Å². The van der Waals surface area contributed by atoms with Crippen molar-refractivity contribution in [3.8, 4) is 0 Å². The van der Waals surface area contributed by atoms with Gasteiger partial charge in [0.2, 0.25) is 0 Å². The van der Waals surface area contributed by atoms with E-state index in [1.807, 2.05) is 12.1 Å². The summed E-state index contributed by atoms with van der Waals surface area (Å²) in [5.74, 6) is 1.89. The van der Waals surface area contributed by atoms with Gasteiger partial charge in [-0.25, -0.2) is 9.48 Å². The molecule has 0 bridgehead atoms. The predicted octanol–water partition coefficient (Wildman–Crippen LogP) is 1.01. The first-order valence-corrected chi connectivity index (χ1v) is 7.00. The van der Waals surface area contributed by atoms with Crippen molar-refractivity contribution in [3.05, 3.63) is 40.5 Å². The summed E-state index contributed by atoms with van der Waals surface area (Å²) in [5.41, 5.74) is -0.00524. The Kier molecular flexibility index (Phi) is 3.48. The first kappa shape index (κ1) is 13.2. The van der Waals surface area contributed by atoms with Crippen molar-refractivity contribution >= 4 is 0 Å². The number of rotatable bonds is 3. The lowest BCUT2D eigenvalue weighted by Gasteiger charge is -2.25. The highest BCUT2D eigenvalue weighted by atomic mass is 16.3. The van der Waals surface area contributed by atoms with Crippen molar-refractivity contribution in [2.45, 2.75) is 38.4 Å². The molecule has 0 aromatic carbocycles. The zero-order valence-corrected chi connectivity index (χ0v) is 12.0. The molecule has 0 saturated heterocycles. The predicted molar refractivity (Wildman–Crippen MR) is 74.4 cm³/mol. The van der Waals surface area contributed by atoms with Gasteiger partial charge in [0.15, 0.2) is 0 Å². The van der Waals surface area contributed by atoms with Crippen LogP contribution in [0, 0.1) is 0 Å². The number of nitrogens with zero attached hydrogens (tertiary/aromatic N) is 4. The summed E-state index contributed by atoms with van der Waals surface area (Å²) in [7, 11) is 3.82. The fourth-order valence-electron chi connectivity index (χ4n) is 2.90. The van der Waals surface area contributed by atoms with E-state index in [4.69, 9.17) is 4.42 Å². The van der Waals surface area contributed by atoms with Gasteiger partial charge in [0.05, 0.1) is 12.8 Å². The first-order valence-electron chi connectivity index (χ1n) is 7.00. The van der Waals surface area contributed by atoms with Crippen LogP contribution in [-0.2, 0) is 26.6 Å². The minimum Gasteiger partial charge on any atom is -0.468 e. The van der Waals surface area contributed by atoms with Crippen LogP contribution in [0.4, 0.5) is 0 Å². The highest BCUT2D eigenvalue weighted by Crippen LogP contribution is 2.18. The van der Waals surface area contributed by atoms with Crippen LogP contribution < -0.4 is 5.69 Å². The Labute approximate surface area is 117 Å². The maximum atomic E-state index is 11.9. The summed E-state index contributed by atoms with van der Waals surface area (Å²) >= 11 is 0. The van der Waals surface area contributed by atoms with E-state index in [1.54, 1.807) is 17.9 Å². The van der Waals surface area contributed by atoms with Crippen LogP contribution in [0.25, 0.3) is 0 Å². The van der Waals surface area contributed by atoms with Gasteiger partial charge in [0.25, 0.3) is 0 Å². The summed E-state index contributed by atoms with van der Waals surface area (Å²) in [5, 5.41) is 4.31. The number of aromatic nitrogens is 3. The third-order valence-electron chi connectivity index (χ3n) is 4.08. The summed E-state index contributed by atoms with van der Waals surface area (Å²) in [6.45, 7) is 1.55. The van der Waals surface area contributed by atoms with Crippen molar-refractivity contribution in [1.29, 1.82) is 0 Å². The second kappa shape index (κ2) is 5.28. The van der Waals surface area contributed by atoms with E-state index in [-0.39, 0.29) is 5.69 Å². The molecule has 1 unspecified atom stereocenters. The molecular weight excluding hydrogens is 256 g/mol. The Bertz CT molecular complexity index is 626. The molecule has 3 heterocycles. The topological polar surface area (TPSA) is 56.2 Å². The van der Waals surface area contributed by atoms with E-state index in [1.165, 1.54) is 4.68 Å². The molecule has 6 heteroatoms. The quantitative estimate of drug-likeness (QED) is 0.839. The van der Waals surface area contributed by atoms with Gasteiger partial charge >= 0.3 is 5.69 Å². The zero-order chi connectivity index (χ0) is 14.1. The zero-order valence-electron chi connectivity index (χ0n) is 12.0. The second-order valence-corrected chi connectivity index (χ2v) is 5.45. The first-order chi connectivity index (χ1) is 9.65. The maximum Gasteiger partial charge on any atom is 0.345 e. The Morgan fingerprint density at radius 1 is 1.50 bits per heavy atom. The summed E-state index contributed by atoms with van der Waals surface area (Å²) in [4.78, 5) is 14.2. The van der Waals surface area contributed by atoms with Gasteiger partial charge in [-0.15, -0.1) is 0 Å². The number of aryl methyl sites for hydroxylation is 2. The monoisotopic (exact) mass is 276 g/mol. The van der Waals surface area contributed by atoms with Crippen LogP contribution >= 0.6 is 0 Å². The van der Waals surface area contributed by atoms with Gasteiger partial charge in [-0.3, -0.25) is 9.47 Å². The SMILES string of the molecule is CN(Cc1ccco1)C1CCc2nn(C)c(=O)n2CC1. The number of furan rings is 1. The third-order valence-corrected chi connectivity index (χ3v) is 4.08. The molecule has 1 atom stereocenters. The van der Waals surface area contributed by atoms with Gasteiger partial charge in [0, 0.05) is 26.1 Å². The number of hydrogen-bond acceptors (Lipinski definition) is 4. The highest BCUT2D eigenvalue weighted by Gasteiger charge is 2.23. The lowest BCUT2D eigenvalue weighted by Crippen LogP contribution is -2.32. The molecule has 1 aliphatic rings. The van der Waals surface area contributed by atoms with Crippen LogP contribution in [-0.4, -0.2) is 32.3 Å². The summed E-state index contributed by atoms with van der Waals surface area (Å²) < 4.78 is 8.63. The molecule has 2 aromatic heterocycles. The molecule has 0 spiro atoms. The lowest BCUT2D eigenvalue weighted by molar-refractivity contribution is 0.195. The molecule has 1 aliphatic heterocycles. The lowest BCUT2D eigenvalue weighted by atomic mass is 10.1. The van der Waals surface area contributed by atoms with Gasteiger partial charge in [0.1, 0.15) is 11.6 Å². The minimum absolute atomic E-state index is 0.00524. The van der Waals surface area contributed by atoms with Gasteiger partial charge < -0.3 is 4.42 Å². The van der Waals surface area contributed by atoms with E-state index in [9.17, 15) is 4.79 Å². The highest BCUT2D eigenvalue weighted by molar-refractivity contribution is 4.99. The van der Waals surface area contributed by atoms with E-state index >= 15 is 0 Å². The molecule has 0 N–H and O–H groups in total. The Morgan fingerprint density at radius 3 is 3.10 bits per heavy atom. The van der Waals surface area contributed by atoms with Crippen LogP contribution in [0.5, 0.6) is 0 Å². The summed E-state index contributed by atoms with van der Waals surface area (Å²) in [6.07, 6.45) is 4.54. The average molecular weight is 276 g/mol. The molecule has 20 heavy (non-hydrogen) atoms. The van der Waals surface area contributed by atoms with Gasteiger partial charge in [-0.05, 0) is 32.0 Å². The second-order valence-electron chi connectivity index (χ2n) is 5.45. The van der Waals surface area contributed by atoms with Crippen molar-refractivity contribution in [2.75, 3.05) is 7.05 Å². The smallest absolute Gasteiger partial charge is 0.345 e. The Hall–Kier alpha value is -1.82. The van der Waals surface area contributed by atoms with Gasteiger partial charge in [-0.2, -0.15) is 5.10 Å². The molecule has 108 valence electrons.